The lowest BCUT2D eigenvalue weighted by atomic mass is 10.3. The van der Waals surface area contributed by atoms with Gasteiger partial charge in [-0.2, -0.15) is 0 Å². The van der Waals surface area contributed by atoms with Crippen LogP contribution in [0, 0.1) is 0 Å². The summed E-state index contributed by atoms with van der Waals surface area (Å²) in [5.41, 5.74) is 7.35. The number of nitrogens with zero attached hydrogens (tertiary/aromatic N) is 2. The minimum Gasteiger partial charge on any atom is -0.397 e. The van der Waals surface area contributed by atoms with Crippen molar-refractivity contribution in [3.63, 3.8) is 0 Å². The molecule has 2 heterocycles. The van der Waals surface area contributed by atoms with Crippen LogP contribution < -0.4 is 5.73 Å². The first-order valence-corrected chi connectivity index (χ1v) is 4.42. The predicted octanol–water partition coefficient (Wildman–Crippen LogP) is 1.04. The van der Waals surface area contributed by atoms with E-state index in [4.69, 9.17) is 5.73 Å². The molecule has 2 N–H and O–H groups in total. The molecule has 13 heavy (non-hydrogen) atoms. The largest absolute Gasteiger partial charge is 0.397 e. The minimum atomic E-state index is 0.725. The molecule has 0 saturated heterocycles. The molecule has 0 aromatic carbocycles. The van der Waals surface area contributed by atoms with Gasteiger partial charge in [0.25, 0.3) is 0 Å². The predicted molar refractivity (Wildman–Crippen MR) is 53.1 cm³/mol. The van der Waals surface area contributed by atoms with E-state index < -0.39 is 0 Å². The van der Waals surface area contributed by atoms with Gasteiger partial charge in [-0.1, -0.05) is 12.2 Å². The Labute approximate surface area is 77.9 Å². The summed E-state index contributed by atoms with van der Waals surface area (Å²) in [4.78, 5) is 6.57. The maximum atomic E-state index is 5.55. The molecule has 0 amide bonds. The molecule has 0 atom stereocenters. The molecule has 1 aliphatic heterocycles. The van der Waals surface area contributed by atoms with Crippen molar-refractivity contribution in [2.45, 2.75) is 6.54 Å². The van der Waals surface area contributed by atoms with Gasteiger partial charge in [-0.05, 0) is 12.1 Å². The zero-order valence-electron chi connectivity index (χ0n) is 7.48. The maximum Gasteiger partial charge on any atom is 0.0545 e. The monoisotopic (exact) mass is 175 g/mol. The van der Waals surface area contributed by atoms with E-state index in [0.29, 0.717) is 0 Å². The summed E-state index contributed by atoms with van der Waals surface area (Å²) in [5.74, 6) is 0. The molecule has 1 aliphatic rings. The average Bonchev–Trinajstić information content (AvgIpc) is 2.62. The van der Waals surface area contributed by atoms with Gasteiger partial charge in [0, 0.05) is 19.6 Å². The Bertz CT molecular complexity index is 294. The van der Waals surface area contributed by atoms with Gasteiger partial charge in [0.05, 0.1) is 17.6 Å². The second kappa shape index (κ2) is 3.58. The van der Waals surface area contributed by atoms with Gasteiger partial charge in [0.15, 0.2) is 0 Å². The zero-order chi connectivity index (χ0) is 9.10. The molecule has 0 fully saturated rings. The standard InChI is InChI=1S/C10H13N3/c11-9-3-4-10(12-7-9)8-13-5-1-2-6-13/h1-4,7H,5-6,8,11H2. The minimum absolute atomic E-state index is 0.725. The zero-order valence-corrected chi connectivity index (χ0v) is 7.48. The molecule has 3 heteroatoms. The van der Waals surface area contributed by atoms with Gasteiger partial charge in [-0.25, -0.2) is 0 Å². The van der Waals surface area contributed by atoms with E-state index in [1.54, 1.807) is 6.20 Å². The van der Waals surface area contributed by atoms with Crippen LogP contribution >= 0.6 is 0 Å². The number of rotatable bonds is 2. The summed E-state index contributed by atoms with van der Waals surface area (Å²) in [6, 6.07) is 3.87. The summed E-state index contributed by atoms with van der Waals surface area (Å²) in [6.07, 6.45) is 6.06. The van der Waals surface area contributed by atoms with Crippen LogP contribution in [0.3, 0.4) is 0 Å². The Morgan fingerprint density at radius 1 is 1.31 bits per heavy atom. The number of nitrogens with two attached hydrogens (primary N) is 1. The van der Waals surface area contributed by atoms with Gasteiger partial charge in [-0.3, -0.25) is 9.88 Å². The van der Waals surface area contributed by atoms with Crippen LogP contribution in [0.4, 0.5) is 5.69 Å². The summed E-state index contributed by atoms with van der Waals surface area (Å²) in [6.45, 7) is 2.98. The molecular formula is C10H13N3. The number of anilines is 1. The van der Waals surface area contributed by atoms with E-state index in [9.17, 15) is 0 Å². The highest BCUT2D eigenvalue weighted by Crippen LogP contribution is 2.07. The number of hydrogen-bond acceptors (Lipinski definition) is 3. The average molecular weight is 175 g/mol. The highest BCUT2D eigenvalue weighted by Gasteiger charge is 2.06. The molecule has 3 nitrogen and oxygen atoms in total. The maximum absolute atomic E-state index is 5.55. The first kappa shape index (κ1) is 8.26. The molecule has 0 aliphatic carbocycles. The molecule has 1 aromatic rings. The van der Waals surface area contributed by atoms with Gasteiger partial charge in [0.1, 0.15) is 0 Å². The molecule has 0 spiro atoms. The van der Waals surface area contributed by atoms with Crippen molar-refractivity contribution >= 4 is 5.69 Å². The Hall–Kier alpha value is -1.35. The topological polar surface area (TPSA) is 42.1 Å². The first-order chi connectivity index (χ1) is 6.34. The van der Waals surface area contributed by atoms with Crippen LogP contribution in [0.2, 0.25) is 0 Å². The summed E-state index contributed by atoms with van der Waals surface area (Å²) >= 11 is 0. The summed E-state index contributed by atoms with van der Waals surface area (Å²) in [7, 11) is 0. The van der Waals surface area contributed by atoms with Crippen molar-refractivity contribution in [1.82, 2.24) is 9.88 Å². The summed E-state index contributed by atoms with van der Waals surface area (Å²) < 4.78 is 0. The Morgan fingerprint density at radius 3 is 2.69 bits per heavy atom. The van der Waals surface area contributed by atoms with Crippen molar-refractivity contribution in [1.29, 1.82) is 0 Å². The molecule has 1 aromatic heterocycles. The second-order valence-electron chi connectivity index (χ2n) is 3.25. The van der Waals surface area contributed by atoms with Crippen molar-refractivity contribution in [3.05, 3.63) is 36.2 Å². The molecule has 68 valence electrons. The van der Waals surface area contributed by atoms with Crippen LogP contribution in [0.1, 0.15) is 5.69 Å². The normalized spacial score (nSPS) is 16.6. The number of pyridine rings is 1. The molecule has 0 saturated carbocycles. The van der Waals surface area contributed by atoms with E-state index in [0.717, 1.165) is 31.0 Å². The van der Waals surface area contributed by atoms with Crippen molar-refractivity contribution in [3.8, 4) is 0 Å². The molecule has 0 radical (unpaired) electrons. The van der Waals surface area contributed by atoms with E-state index in [2.05, 4.69) is 22.0 Å². The number of aromatic nitrogens is 1. The van der Waals surface area contributed by atoms with E-state index >= 15 is 0 Å². The molecule has 0 bridgehead atoms. The van der Waals surface area contributed by atoms with Crippen LogP contribution in [-0.2, 0) is 6.54 Å². The van der Waals surface area contributed by atoms with Gasteiger partial charge >= 0.3 is 0 Å². The summed E-state index contributed by atoms with van der Waals surface area (Å²) in [5, 5.41) is 0. The van der Waals surface area contributed by atoms with Crippen LogP contribution in [0.5, 0.6) is 0 Å². The van der Waals surface area contributed by atoms with Crippen LogP contribution in [0.15, 0.2) is 30.5 Å². The van der Waals surface area contributed by atoms with Gasteiger partial charge in [-0.15, -0.1) is 0 Å². The van der Waals surface area contributed by atoms with Gasteiger partial charge in [0.2, 0.25) is 0 Å². The van der Waals surface area contributed by atoms with Gasteiger partial charge < -0.3 is 5.73 Å². The van der Waals surface area contributed by atoms with E-state index in [1.807, 2.05) is 12.1 Å². The number of nitrogen functional groups attached to an aromatic ring is 1. The Balaban J connectivity index is 1.97. The Morgan fingerprint density at radius 2 is 2.08 bits per heavy atom. The van der Waals surface area contributed by atoms with Crippen molar-refractivity contribution in [2.75, 3.05) is 18.8 Å². The molecular weight excluding hydrogens is 162 g/mol. The van der Waals surface area contributed by atoms with Crippen LogP contribution in [-0.4, -0.2) is 23.0 Å². The van der Waals surface area contributed by atoms with Crippen molar-refractivity contribution in [2.24, 2.45) is 0 Å². The van der Waals surface area contributed by atoms with E-state index in [-0.39, 0.29) is 0 Å². The highest BCUT2D eigenvalue weighted by molar-refractivity contribution is 5.34. The first-order valence-electron chi connectivity index (χ1n) is 4.42. The lowest BCUT2D eigenvalue weighted by molar-refractivity contribution is 0.341. The second-order valence-corrected chi connectivity index (χ2v) is 3.25. The quantitative estimate of drug-likeness (QED) is 0.683. The molecule has 2 rings (SSSR count). The fourth-order valence-corrected chi connectivity index (χ4v) is 1.41. The fourth-order valence-electron chi connectivity index (χ4n) is 1.41. The SMILES string of the molecule is Nc1ccc(CN2CC=CC2)nc1. The third kappa shape index (κ3) is 2.06. The number of hydrogen-bond donors (Lipinski definition) is 1. The lowest BCUT2D eigenvalue weighted by Crippen LogP contribution is -2.19. The van der Waals surface area contributed by atoms with E-state index in [1.165, 1.54) is 0 Å². The third-order valence-electron chi connectivity index (χ3n) is 2.13. The fraction of sp³-hybridized carbons (Fsp3) is 0.300. The van der Waals surface area contributed by atoms with Crippen LogP contribution in [0.25, 0.3) is 0 Å². The third-order valence-corrected chi connectivity index (χ3v) is 2.13. The van der Waals surface area contributed by atoms with Crippen molar-refractivity contribution < 1.29 is 0 Å². The molecule has 0 unspecified atom stereocenters. The highest BCUT2D eigenvalue weighted by atomic mass is 15.1. The lowest BCUT2D eigenvalue weighted by Gasteiger charge is -2.13. The Kier molecular flexibility index (Phi) is 2.27. The smallest absolute Gasteiger partial charge is 0.0545 e.